The quantitative estimate of drug-likeness (QED) is 0.460. The molecular formula is C8H10O2S. The molecule has 3 unspecified atom stereocenters. The SMILES string of the molecule is O=C(O)C1CC(S)CC2C=C21. The zero-order valence-corrected chi connectivity index (χ0v) is 6.92. The average molecular weight is 170 g/mol. The second-order valence-electron chi connectivity index (χ2n) is 3.29. The van der Waals surface area contributed by atoms with Crippen molar-refractivity contribution in [3.63, 3.8) is 0 Å². The summed E-state index contributed by atoms with van der Waals surface area (Å²) in [5, 5.41) is 9.06. The Morgan fingerprint density at radius 3 is 3.00 bits per heavy atom. The first-order chi connectivity index (χ1) is 5.18. The van der Waals surface area contributed by atoms with E-state index in [4.69, 9.17) is 5.11 Å². The zero-order chi connectivity index (χ0) is 8.01. The molecule has 0 amide bonds. The van der Waals surface area contributed by atoms with Crippen LogP contribution in [0.5, 0.6) is 0 Å². The molecule has 0 aromatic carbocycles. The predicted molar refractivity (Wildman–Crippen MR) is 44.7 cm³/mol. The number of carboxylic acids is 1. The molecule has 3 atom stereocenters. The number of carboxylic acid groups (broad SMARTS) is 1. The van der Waals surface area contributed by atoms with Gasteiger partial charge in [-0.05, 0) is 18.8 Å². The average Bonchev–Trinajstić information content (AvgIpc) is 2.63. The van der Waals surface area contributed by atoms with Gasteiger partial charge in [0.15, 0.2) is 0 Å². The van der Waals surface area contributed by atoms with Crippen molar-refractivity contribution < 1.29 is 9.90 Å². The van der Waals surface area contributed by atoms with Gasteiger partial charge in [0.05, 0.1) is 5.92 Å². The molecule has 0 aliphatic heterocycles. The number of allylic oxidation sites excluding steroid dienone is 1. The van der Waals surface area contributed by atoms with Gasteiger partial charge in [-0.15, -0.1) is 0 Å². The van der Waals surface area contributed by atoms with Gasteiger partial charge in [0.1, 0.15) is 0 Å². The van der Waals surface area contributed by atoms with Gasteiger partial charge in [-0.2, -0.15) is 12.6 Å². The summed E-state index contributed by atoms with van der Waals surface area (Å²) in [5.41, 5.74) is 1.14. The fourth-order valence-electron chi connectivity index (χ4n) is 1.80. The number of thiol groups is 1. The van der Waals surface area contributed by atoms with Gasteiger partial charge in [0.2, 0.25) is 0 Å². The van der Waals surface area contributed by atoms with E-state index in [1.165, 1.54) is 0 Å². The minimum Gasteiger partial charge on any atom is -0.481 e. The molecule has 2 rings (SSSR count). The van der Waals surface area contributed by atoms with Crippen LogP contribution in [0, 0.1) is 11.8 Å². The smallest absolute Gasteiger partial charge is 0.310 e. The molecular weight excluding hydrogens is 160 g/mol. The Hall–Kier alpha value is -0.440. The van der Waals surface area contributed by atoms with Gasteiger partial charge in [-0.1, -0.05) is 11.6 Å². The molecule has 0 spiro atoms. The summed E-state index contributed by atoms with van der Waals surface area (Å²) in [6.45, 7) is 0. The van der Waals surface area contributed by atoms with Gasteiger partial charge >= 0.3 is 5.97 Å². The van der Waals surface area contributed by atoms with Crippen LogP contribution in [-0.4, -0.2) is 16.3 Å². The first kappa shape index (κ1) is 7.22. The van der Waals surface area contributed by atoms with Gasteiger partial charge in [-0.25, -0.2) is 0 Å². The van der Waals surface area contributed by atoms with E-state index in [2.05, 4.69) is 18.7 Å². The molecule has 0 aromatic rings. The maximum absolute atomic E-state index is 10.7. The monoisotopic (exact) mass is 170 g/mol. The number of rotatable bonds is 1. The summed E-state index contributed by atoms with van der Waals surface area (Å²) in [4.78, 5) is 10.7. The van der Waals surface area contributed by atoms with E-state index in [0.717, 1.165) is 12.0 Å². The highest BCUT2D eigenvalue weighted by atomic mass is 32.1. The van der Waals surface area contributed by atoms with Gasteiger partial charge in [0.25, 0.3) is 0 Å². The summed E-state index contributed by atoms with van der Waals surface area (Å²) in [5.74, 6) is -0.430. The number of hydrogen-bond donors (Lipinski definition) is 2. The summed E-state index contributed by atoms with van der Waals surface area (Å²) in [6.07, 6.45) is 3.82. The molecule has 2 aliphatic carbocycles. The van der Waals surface area contributed by atoms with Crippen LogP contribution < -0.4 is 0 Å². The van der Waals surface area contributed by atoms with Crippen LogP contribution in [0.4, 0.5) is 0 Å². The first-order valence-corrected chi connectivity index (χ1v) is 4.32. The second kappa shape index (κ2) is 2.27. The van der Waals surface area contributed by atoms with E-state index in [1.807, 2.05) is 0 Å². The lowest BCUT2D eigenvalue weighted by molar-refractivity contribution is -0.140. The lowest BCUT2D eigenvalue weighted by Crippen LogP contribution is -2.23. The van der Waals surface area contributed by atoms with Crippen molar-refractivity contribution >= 4 is 18.6 Å². The Bertz CT molecular complexity index is 234. The molecule has 1 saturated carbocycles. The minimum atomic E-state index is -0.683. The molecule has 0 bridgehead atoms. The maximum atomic E-state index is 10.7. The van der Waals surface area contributed by atoms with Crippen molar-refractivity contribution in [2.45, 2.75) is 18.1 Å². The highest BCUT2D eigenvalue weighted by Gasteiger charge is 2.41. The molecule has 0 radical (unpaired) electrons. The third-order valence-corrected chi connectivity index (χ3v) is 2.87. The molecule has 11 heavy (non-hydrogen) atoms. The van der Waals surface area contributed by atoms with Crippen molar-refractivity contribution in [1.82, 2.24) is 0 Å². The third-order valence-electron chi connectivity index (χ3n) is 2.45. The van der Waals surface area contributed by atoms with Crippen LogP contribution in [-0.2, 0) is 4.79 Å². The van der Waals surface area contributed by atoms with E-state index in [0.29, 0.717) is 12.3 Å². The molecule has 0 saturated heterocycles. The molecule has 60 valence electrons. The number of hydrogen-bond acceptors (Lipinski definition) is 2. The molecule has 3 heteroatoms. The van der Waals surface area contributed by atoms with E-state index >= 15 is 0 Å². The van der Waals surface area contributed by atoms with Gasteiger partial charge < -0.3 is 5.11 Å². The van der Waals surface area contributed by atoms with Crippen molar-refractivity contribution in [1.29, 1.82) is 0 Å². The minimum absolute atomic E-state index is 0.226. The summed E-state index contributed by atoms with van der Waals surface area (Å²) >= 11 is 4.30. The Morgan fingerprint density at radius 2 is 2.36 bits per heavy atom. The van der Waals surface area contributed by atoms with E-state index in [9.17, 15) is 4.79 Å². The summed E-state index contributed by atoms with van der Waals surface area (Å²) in [6, 6.07) is 0. The zero-order valence-electron chi connectivity index (χ0n) is 6.03. The van der Waals surface area contributed by atoms with Crippen LogP contribution in [0.1, 0.15) is 12.8 Å². The van der Waals surface area contributed by atoms with Gasteiger partial charge in [0, 0.05) is 5.25 Å². The fourth-order valence-corrected chi connectivity index (χ4v) is 2.24. The highest BCUT2D eigenvalue weighted by molar-refractivity contribution is 7.80. The fraction of sp³-hybridized carbons (Fsp3) is 0.625. The van der Waals surface area contributed by atoms with Crippen LogP contribution in [0.3, 0.4) is 0 Å². The maximum Gasteiger partial charge on any atom is 0.310 e. The Kier molecular flexibility index (Phi) is 1.49. The van der Waals surface area contributed by atoms with Crippen LogP contribution in [0.25, 0.3) is 0 Å². The van der Waals surface area contributed by atoms with Crippen LogP contribution in [0.15, 0.2) is 11.6 Å². The summed E-state index contributed by atoms with van der Waals surface area (Å²) in [7, 11) is 0. The van der Waals surface area contributed by atoms with Crippen molar-refractivity contribution in [3.05, 3.63) is 11.6 Å². The standard InChI is InChI=1S/C8H10O2S/c9-8(10)7-3-5(11)1-4-2-6(4)7/h2,4-5,7,11H,1,3H2,(H,9,10). The second-order valence-corrected chi connectivity index (χ2v) is 4.02. The number of aliphatic carboxylic acids is 1. The highest BCUT2D eigenvalue weighted by Crippen LogP contribution is 2.47. The van der Waals surface area contributed by atoms with Crippen LogP contribution in [0.2, 0.25) is 0 Å². The Morgan fingerprint density at radius 1 is 1.64 bits per heavy atom. The molecule has 2 aliphatic rings. The lowest BCUT2D eigenvalue weighted by atomic mass is 9.89. The van der Waals surface area contributed by atoms with Gasteiger partial charge in [-0.3, -0.25) is 4.79 Å². The van der Waals surface area contributed by atoms with E-state index < -0.39 is 5.97 Å². The van der Waals surface area contributed by atoms with Crippen molar-refractivity contribution in [2.24, 2.45) is 11.8 Å². The molecule has 1 fully saturated rings. The molecule has 0 heterocycles. The lowest BCUT2D eigenvalue weighted by Gasteiger charge is -2.21. The predicted octanol–water partition coefficient (Wildman–Crippen LogP) is 1.34. The van der Waals surface area contributed by atoms with E-state index in [1.54, 1.807) is 0 Å². The third kappa shape index (κ3) is 1.18. The van der Waals surface area contributed by atoms with Crippen LogP contribution >= 0.6 is 12.6 Å². The molecule has 1 N–H and O–H groups in total. The topological polar surface area (TPSA) is 37.3 Å². The van der Waals surface area contributed by atoms with Crippen molar-refractivity contribution in [2.75, 3.05) is 0 Å². The first-order valence-electron chi connectivity index (χ1n) is 3.81. The number of fused-ring (bicyclic) bond motifs is 1. The Labute approximate surface area is 70.7 Å². The normalized spacial score (nSPS) is 40.8. The van der Waals surface area contributed by atoms with E-state index in [-0.39, 0.29) is 11.2 Å². The van der Waals surface area contributed by atoms with Crippen molar-refractivity contribution in [3.8, 4) is 0 Å². The Balaban J connectivity index is 2.09. The molecule has 2 nitrogen and oxygen atoms in total. The number of carbonyl (C=O) groups is 1. The molecule has 0 aromatic heterocycles. The largest absolute Gasteiger partial charge is 0.481 e. The summed E-state index contributed by atoms with van der Waals surface area (Å²) < 4.78 is 0.